The van der Waals surface area contributed by atoms with E-state index in [9.17, 15) is 4.79 Å². The highest BCUT2D eigenvalue weighted by molar-refractivity contribution is 5.60. The zero-order chi connectivity index (χ0) is 11.9. The number of hydrogen-bond donors (Lipinski definition) is 0. The zero-order valence-electron chi connectivity index (χ0n) is 10.6. The summed E-state index contributed by atoms with van der Waals surface area (Å²) in [4.78, 5) is 11.4. The first-order valence-corrected chi connectivity index (χ1v) is 6.58. The average molecular weight is 228 g/mol. The molecule has 3 heteroatoms. The van der Waals surface area contributed by atoms with Gasteiger partial charge in [0.05, 0.1) is 6.61 Å². The van der Waals surface area contributed by atoms with Crippen LogP contribution in [-0.4, -0.2) is 18.4 Å². The molecule has 0 saturated heterocycles. The lowest BCUT2D eigenvalue weighted by Gasteiger charge is -2.36. The minimum atomic E-state index is -0.486. The monoisotopic (exact) mass is 228 g/mol. The summed E-state index contributed by atoms with van der Waals surface area (Å²) in [7, 11) is 0. The fourth-order valence-corrected chi connectivity index (χ4v) is 2.42. The third-order valence-electron chi connectivity index (χ3n) is 3.31. The summed E-state index contributed by atoms with van der Waals surface area (Å²) in [6.45, 7) is 4.37. The van der Waals surface area contributed by atoms with Crippen molar-refractivity contribution in [3.8, 4) is 0 Å². The van der Waals surface area contributed by atoms with Gasteiger partial charge in [0, 0.05) is 0 Å². The van der Waals surface area contributed by atoms with Crippen LogP contribution >= 0.6 is 0 Å². The van der Waals surface area contributed by atoms with Crippen molar-refractivity contribution in [1.82, 2.24) is 0 Å². The smallest absolute Gasteiger partial charge is 0.435 e. The third kappa shape index (κ3) is 4.03. The van der Waals surface area contributed by atoms with Gasteiger partial charge in [-0.3, -0.25) is 0 Å². The first-order valence-electron chi connectivity index (χ1n) is 6.58. The van der Waals surface area contributed by atoms with Gasteiger partial charge in [-0.1, -0.05) is 19.8 Å². The molecular formula is C13H24O3. The largest absolute Gasteiger partial charge is 0.508 e. The number of ether oxygens (including phenoxy) is 2. The Morgan fingerprint density at radius 3 is 2.44 bits per heavy atom. The van der Waals surface area contributed by atoms with Crippen molar-refractivity contribution < 1.29 is 14.3 Å². The molecule has 0 aromatic carbocycles. The minimum absolute atomic E-state index is 0.222. The van der Waals surface area contributed by atoms with Gasteiger partial charge in [-0.05, 0) is 45.4 Å². The maximum absolute atomic E-state index is 11.4. The lowest BCUT2D eigenvalue weighted by Crippen LogP contribution is -2.37. The molecule has 0 radical (unpaired) electrons. The molecule has 1 fully saturated rings. The molecule has 1 rings (SSSR count). The molecule has 0 aromatic rings. The highest BCUT2D eigenvalue weighted by atomic mass is 16.7. The molecule has 3 nitrogen and oxygen atoms in total. The van der Waals surface area contributed by atoms with Crippen molar-refractivity contribution >= 4 is 6.16 Å². The summed E-state index contributed by atoms with van der Waals surface area (Å²) >= 11 is 0. The Kier molecular flexibility index (Phi) is 5.64. The molecule has 94 valence electrons. The predicted molar refractivity (Wildman–Crippen MR) is 63.4 cm³/mol. The van der Waals surface area contributed by atoms with Crippen LogP contribution in [-0.2, 0) is 9.47 Å². The van der Waals surface area contributed by atoms with Crippen molar-refractivity contribution in [3.63, 3.8) is 0 Å². The topological polar surface area (TPSA) is 35.5 Å². The van der Waals surface area contributed by atoms with Crippen molar-refractivity contribution in [2.24, 2.45) is 0 Å². The molecule has 0 spiro atoms. The molecule has 0 heterocycles. The van der Waals surface area contributed by atoms with Gasteiger partial charge >= 0.3 is 6.16 Å². The van der Waals surface area contributed by atoms with Crippen molar-refractivity contribution in [2.75, 3.05) is 6.61 Å². The van der Waals surface area contributed by atoms with Crippen molar-refractivity contribution in [3.05, 3.63) is 0 Å². The van der Waals surface area contributed by atoms with E-state index in [0.29, 0.717) is 6.61 Å². The molecule has 0 aromatic heterocycles. The van der Waals surface area contributed by atoms with Gasteiger partial charge < -0.3 is 9.47 Å². The Hall–Kier alpha value is -0.730. The Labute approximate surface area is 98.5 Å². The van der Waals surface area contributed by atoms with Gasteiger partial charge in [0.25, 0.3) is 0 Å². The second-order valence-electron chi connectivity index (χ2n) is 4.63. The summed E-state index contributed by atoms with van der Waals surface area (Å²) in [6, 6.07) is 0. The number of rotatable bonds is 5. The van der Waals surface area contributed by atoms with Crippen LogP contribution in [0.4, 0.5) is 4.79 Å². The molecule has 0 N–H and O–H groups in total. The molecule has 1 saturated carbocycles. The molecule has 0 amide bonds. The quantitative estimate of drug-likeness (QED) is 0.666. The van der Waals surface area contributed by atoms with Gasteiger partial charge in [-0.15, -0.1) is 0 Å². The lowest BCUT2D eigenvalue weighted by atomic mass is 9.81. The molecule has 1 aliphatic carbocycles. The molecular weight excluding hydrogens is 204 g/mol. The van der Waals surface area contributed by atoms with Gasteiger partial charge in [-0.25, -0.2) is 4.79 Å². The SMILES string of the molecule is CCCCC1(OC(=O)OCC)CCCCC1. The van der Waals surface area contributed by atoms with Crippen LogP contribution in [0, 0.1) is 0 Å². The van der Waals surface area contributed by atoms with Crippen LogP contribution in [0.2, 0.25) is 0 Å². The summed E-state index contributed by atoms with van der Waals surface area (Å²) in [6.07, 6.45) is 8.39. The Morgan fingerprint density at radius 1 is 1.19 bits per heavy atom. The van der Waals surface area contributed by atoms with Crippen molar-refractivity contribution in [2.45, 2.75) is 70.8 Å². The second kappa shape index (κ2) is 6.77. The van der Waals surface area contributed by atoms with E-state index >= 15 is 0 Å². The molecule has 16 heavy (non-hydrogen) atoms. The van der Waals surface area contributed by atoms with E-state index in [4.69, 9.17) is 9.47 Å². The fourth-order valence-electron chi connectivity index (χ4n) is 2.42. The summed E-state index contributed by atoms with van der Waals surface area (Å²) in [5.74, 6) is 0. The van der Waals surface area contributed by atoms with Crippen LogP contribution in [0.5, 0.6) is 0 Å². The lowest BCUT2D eigenvalue weighted by molar-refractivity contribution is -0.0593. The normalized spacial score (nSPS) is 19.1. The summed E-state index contributed by atoms with van der Waals surface area (Å²) in [5, 5.41) is 0. The van der Waals surface area contributed by atoms with E-state index in [1.165, 1.54) is 19.3 Å². The average Bonchev–Trinajstić information content (AvgIpc) is 2.28. The van der Waals surface area contributed by atoms with Gasteiger partial charge in [-0.2, -0.15) is 0 Å². The molecule has 0 aliphatic heterocycles. The molecule has 0 unspecified atom stereocenters. The highest BCUT2D eigenvalue weighted by Crippen LogP contribution is 2.36. The minimum Gasteiger partial charge on any atom is -0.435 e. The maximum atomic E-state index is 11.4. The number of carbonyl (C=O) groups is 1. The molecule has 0 bridgehead atoms. The fraction of sp³-hybridized carbons (Fsp3) is 0.923. The second-order valence-corrected chi connectivity index (χ2v) is 4.63. The van der Waals surface area contributed by atoms with Crippen LogP contribution in [0.1, 0.15) is 65.2 Å². The molecule has 1 aliphatic rings. The predicted octanol–water partition coefficient (Wildman–Crippen LogP) is 4.05. The van der Waals surface area contributed by atoms with E-state index in [0.717, 1.165) is 32.1 Å². The number of hydrogen-bond acceptors (Lipinski definition) is 3. The molecule has 0 atom stereocenters. The van der Waals surface area contributed by atoms with Gasteiger partial charge in [0.2, 0.25) is 0 Å². The number of unbranched alkanes of at least 4 members (excludes halogenated alkanes) is 1. The zero-order valence-corrected chi connectivity index (χ0v) is 10.6. The standard InChI is InChI=1S/C13H24O3/c1-3-5-9-13(10-7-6-8-11-13)16-12(14)15-4-2/h3-11H2,1-2H3. The maximum Gasteiger partial charge on any atom is 0.508 e. The first-order chi connectivity index (χ1) is 7.72. The van der Waals surface area contributed by atoms with Crippen LogP contribution in [0.15, 0.2) is 0 Å². The van der Waals surface area contributed by atoms with E-state index < -0.39 is 6.16 Å². The van der Waals surface area contributed by atoms with E-state index in [-0.39, 0.29) is 5.60 Å². The third-order valence-corrected chi connectivity index (χ3v) is 3.31. The Morgan fingerprint density at radius 2 is 1.88 bits per heavy atom. The summed E-state index contributed by atoms with van der Waals surface area (Å²) < 4.78 is 10.4. The van der Waals surface area contributed by atoms with Gasteiger partial charge in [0.15, 0.2) is 0 Å². The van der Waals surface area contributed by atoms with Gasteiger partial charge in [0.1, 0.15) is 5.60 Å². The first kappa shape index (κ1) is 13.3. The van der Waals surface area contributed by atoms with E-state index in [1.54, 1.807) is 6.92 Å². The van der Waals surface area contributed by atoms with Crippen molar-refractivity contribution in [1.29, 1.82) is 0 Å². The Balaban J connectivity index is 2.51. The number of carbonyl (C=O) groups excluding carboxylic acids is 1. The van der Waals surface area contributed by atoms with Crippen LogP contribution in [0.3, 0.4) is 0 Å². The van der Waals surface area contributed by atoms with E-state index in [2.05, 4.69) is 6.92 Å². The highest BCUT2D eigenvalue weighted by Gasteiger charge is 2.35. The van der Waals surface area contributed by atoms with E-state index in [1.807, 2.05) is 0 Å². The van der Waals surface area contributed by atoms with Crippen LogP contribution < -0.4 is 0 Å². The Bertz CT molecular complexity index is 207. The van der Waals surface area contributed by atoms with Crippen LogP contribution in [0.25, 0.3) is 0 Å². The summed E-state index contributed by atoms with van der Waals surface area (Å²) in [5.41, 5.74) is -0.222.